The number of thiazole rings is 1. The Morgan fingerprint density at radius 2 is 1.96 bits per heavy atom. The second kappa shape index (κ2) is 6.68. The Morgan fingerprint density at radius 3 is 2.70 bits per heavy atom. The minimum absolute atomic E-state index is 0.564. The van der Waals surface area contributed by atoms with Gasteiger partial charge in [0.15, 0.2) is 16.1 Å². The predicted octanol–water partition coefficient (Wildman–Crippen LogP) is 4.50. The van der Waals surface area contributed by atoms with Crippen molar-refractivity contribution in [2.75, 3.05) is 4.72 Å². The van der Waals surface area contributed by atoms with Crippen LogP contribution in [0.5, 0.6) is 0 Å². The van der Waals surface area contributed by atoms with Gasteiger partial charge in [0, 0.05) is 20.8 Å². The fourth-order valence-corrected chi connectivity index (χ4v) is 5.52. The Balaban J connectivity index is 1.82. The van der Waals surface area contributed by atoms with Gasteiger partial charge in [0.1, 0.15) is 5.60 Å². The Morgan fingerprint density at radius 1 is 1.22 bits per heavy atom. The van der Waals surface area contributed by atoms with Crippen molar-refractivity contribution in [1.82, 2.24) is 4.98 Å². The van der Waals surface area contributed by atoms with Crippen LogP contribution in [0.3, 0.4) is 0 Å². The number of hydrogen-bond donors (Lipinski definition) is 2. The van der Waals surface area contributed by atoms with Crippen LogP contribution in [0.25, 0.3) is 10.1 Å². The lowest BCUT2D eigenvalue weighted by Crippen LogP contribution is -2.23. The standard InChI is InChI=1S/C16H18N2O2S3/c1-3-16(19,4-2)14-10-22-15(17-14)18-23(20)13-9-21-12-8-6-5-7-11(12)13/h5-10,19H,3-4H2,1-2H3,(H,17,18). The van der Waals surface area contributed by atoms with Crippen LogP contribution in [0, 0.1) is 0 Å². The van der Waals surface area contributed by atoms with Crippen LogP contribution in [0.4, 0.5) is 5.13 Å². The summed E-state index contributed by atoms with van der Waals surface area (Å²) in [6.07, 6.45) is 1.20. The van der Waals surface area contributed by atoms with Gasteiger partial charge in [-0.05, 0) is 18.9 Å². The Kier molecular flexibility index (Phi) is 4.82. The zero-order valence-corrected chi connectivity index (χ0v) is 15.4. The SMILES string of the molecule is CCC(O)(CC)c1csc(NS(=O)c2csc3ccccc23)n1. The number of aliphatic hydroxyl groups is 1. The van der Waals surface area contributed by atoms with Gasteiger partial charge in [-0.1, -0.05) is 32.0 Å². The summed E-state index contributed by atoms with van der Waals surface area (Å²) in [6, 6.07) is 7.91. The number of hydrogen-bond acceptors (Lipinski definition) is 5. The van der Waals surface area contributed by atoms with E-state index in [1.165, 1.54) is 11.3 Å². The minimum atomic E-state index is -1.37. The Hall–Kier alpha value is -1.28. The molecule has 0 aliphatic rings. The first-order chi connectivity index (χ1) is 11.1. The fourth-order valence-electron chi connectivity index (χ4n) is 2.38. The second-order valence-electron chi connectivity index (χ2n) is 5.24. The molecule has 2 heterocycles. The topological polar surface area (TPSA) is 62.2 Å². The van der Waals surface area contributed by atoms with Crippen molar-refractivity contribution in [3.8, 4) is 0 Å². The smallest absolute Gasteiger partial charge is 0.195 e. The lowest BCUT2D eigenvalue weighted by Gasteiger charge is -2.22. The number of anilines is 1. The summed E-state index contributed by atoms with van der Waals surface area (Å²) in [5.41, 5.74) is -0.269. The number of nitrogens with zero attached hydrogens (tertiary/aromatic N) is 1. The third kappa shape index (κ3) is 3.19. The van der Waals surface area contributed by atoms with Crippen LogP contribution in [0.2, 0.25) is 0 Å². The van der Waals surface area contributed by atoms with E-state index in [0.29, 0.717) is 23.7 Å². The van der Waals surface area contributed by atoms with Gasteiger partial charge in [0.2, 0.25) is 0 Å². The summed E-state index contributed by atoms with van der Waals surface area (Å²) >= 11 is 2.95. The molecule has 2 N–H and O–H groups in total. The molecule has 0 aliphatic carbocycles. The van der Waals surface area contributed by atoms with E-state index in [9.17, 15) is 9.32 Å². The molecule has 0 aliphatic heterocycles. The van der Waals surface area contributed by atoms with Crippen molar-refractivity contribution in [2.45, 2.75) is 37.2 Å². The molecule has 23 heavy (non-hydrogen) atoms. The van der Waals surface area contributed by atoms with Crippen molar-refractivity contribution >= 4 is 48.9 Å². The number of aromatic nitrogens is 1. The van der Waals surface area contributed by atoms with E-state index in [-0.39, 0.29) is 0 Å². The second-order valence-corrected chi connectivity index (χ2v) is 8.19. The summed E-state index contributed by atoms with van der Waals surface area (Å²) < 4.78 is 16.7. The number of rotatable bonds is 6. The summed E-state index contributed by atoms with van der Waals surface area (Å²) in [5, 5.41) is 15.8. The average molecular weight is 367 g/mol. The van der Waals surface area contributed by atoms with Crippen molar-refractivity contribution in [3.05, 3.63) is 40.7 Å². The summed E-state index contributed by atoms with van der Waals surface area (Å²) in [6.45, 7) is 3.87. The minimum Gasteiger partial charge on any atom is -0.384 e. The zero-order chi connectivity index (χ0) is 16.4. The van der Waals surface area contributed by atoms with E-state index in [4.69, 9.17) is 0 Å². The van der Waals surface area contributed by atoms with E-state index >= 15 is 0 Å². The van der Waals surface area contributed by atoms with E-state index in [2.05, 4.69) is 9.71 Å². The van der Waals surface area contributed by atoms with Gasteiger partial charge in [-0.2, -0.15) is 0 Å². The number of thiophene rings is 1. The highest BCUT2D eigenvalue weighted by Gasteiger charge is 2.28. The quantitative estimate of drug-likeness (QED) is 0.675. The van der Waals surface area contributed by atoms with Crippen LogP contribution in [0.15, 0.2) is 39.9 Å². The molecule has 0 saturated heterocycles. The third-order valence-electron chi connectivity index (χ3n) is 3.98. The van der Waals surface area contributed by atoms with E-state index in [0.717, 1.165) is 15.0 Å². The third-order valence-corrected chi connectivity index (χ3v) is 7.09. The van der Waals surface area contributed by atoms with Crippen LogP contribution in [0.1, 0.15) is 32.4 Å². The van der Waals surface area contributed by atoms with E-state index < -0.39 is 16.6 Å². The molecule has 0 amide bonds. The first-order valence-corrected chi connectivity index (χ1v) is 10.3. The molecule has 4 nitrogen and oxygen atoms in total. The molecule has 3 rings (SSSR count). The number of fused-ring (bicyclic) bond motifs is 1. The van der Waals surface area contributed by atoms with Gasteiger partial charge in [0.05, 0.1) is 10.6 Å². The molecule has 0 radical (unpaired) electrons. The number of nitrogens with one attached hydrogen (secondary N) is 1. The maximum atomic E-state index is 12.6. The monoisotopic (exact) mass is 366 g/mol. The summed E-state index contributed by atoms with van der Waals surface area (Å²) in [4.78, 5) is 5.19. The molecular formula is C16H18N2O2S3. The van der Waals surface area contributed by atoms with Gasteiger partial charge < -0.3 is 5.11 Å². The first-order valence-electron chi connectivity index (χ1n) is 7.40. The molecule has 0 fully saturated rings. The van der Waals surface area contributed by atoms with Crippen LogP contribution in [-0.4, -0.2) is 14.3 Å². The molecule has 3 aromatic rings. The lowest BCUT2D eigenvalue weighted by molar-refractivity contribution is 0.0247. The molecule has 1 atom stereocenters. The molecule has 2 aromatic heterocycles. The van der Waals surface area contributed by atoms with Crippen molar-refractivity contribution < 1.29 is 9.32 Å². The first kappa shape index (κ1) is 16.6. The van der Waals surface area contributed by atoms with Gasteiger partial charge in [0.25, 0.3) is 0 Å². The van der Waals surface area contributed by atoms with Gasteiger partial charge in [-0.3, -0.25) is 4.72 Å². The normalized spacial score (nSPS) is 13.3. The summed E-state index contributed by atoms with van der Waals surface area (Å²) in [5.74, 6) is 0. The van der Waals surface area contributed by atoms with Crippen LogP contribution in [-0.2, 0) is 16.6 Å². The van der Waals surface area contributed by atoms with Gasteiger partial charge in [-0.15, -0.1) is 22.7 Å². The largest absolute Gasteiger partial charge is 0.384 e. The van der Waals surface area contributed by atoms with Gasteiger partial charge >= 0.3 is 0 Å². The predicted molar refractivity (Wildman–Crippen MR) is 98.4 cm³/mol. The van der Waals surface area contributed by atoms with Crippen molar-refractivity contribution in [2.24, 2.45) is 0 Å². The van der Waals surface area contributed by atoms with Crippen LogP contribution < -0.4 is 4.72 Å². The highest BCUT2D eigenvalue weighted by Crippen LogP contribution is 2.32. The highest BCUT2D eigenvalue weighted by atomic mass is 32.2. The Bertz CT molecular complexity index is 837. The lowest BCUT2D eigenvalue weighted by atomic mass is 9.94. The zero-order valence-electron chi connectivity index (χ0n) is 12.9. The molecule has 122 valence electrons. The highest BCUT2D eigenvalue weighted by molar-refractivity contribution is 7.87. The van der Waals surface area contributed by atoms with Crippen molar-refractivity contribution in [3.63, 3.8) is 0 Å². The van der Waals surface area contributed by atoms with E-state index in [1.54, 1.807) is 11.3 Å². The van der Waals surface area contributed by atoms with Crippen LogP contribution >= 0.6 is 22.7 Å². The van der Waals surface area contributed by atoms with E-state index in [1.807, 2.05) is 48.9 Å². The molecule has 7 heteroatoms. The van der Waals surface area contributed by atoms with Gasteiger partial charge in [-0.25, -0.2) is 9.19 Å². The van der Waals surface area contributed by atoms with Crippen molar-refractivity contribution in [1.29, 1.82) is 0 Å². The molecule has 0 spiro atoms. The fraction of sp³-hybridized carbons (Fsp3) is 0.312. The maximum absolute atomic E-state index is 12.6. The molecule has 1 aromatic carbocycles. The molecule has 0 saturated carbocycles. The summed E-state index contributed by atoms with van der Waals surface area (Å²) in [7, 11) is -1.37. The Labute approximate surface area is 145 Å². The average Bonchev–Trinajstić information content (AvgIpc) is 3.21. The molecular weight excluding hydrogens is 348 g/mol. The molecule has 1 unspecified atom stereocenters. The molecule has 0 bridgehead atoms. The maximum Gasteiger partial charge on any atom is 0.195 e. The number of benzene rings is 1.